The summed E-state index contributed by atoms with van der Waals surface area (Å²) in [4.78, 5) is 12.6. The first-order valence-corrected chi connectivity index (χ1v) is 8.47. The normalized spacial score (nSPS) is 20.0. The highest BCUT2D eigenvalue weighted by molar-refractivity contribution is 5.95. The second-order valence-corrected chi connectivity index (χ2v) is 6.33. The van der Waals surface area contributed by atoms with Gasteiger partial charge in [-0.2, -0.15) is 5.10 Å². The summed E-state index contributed by atoms with van der Waals surface area (Å²) in [5, 5.41) is 7.42. The fourth-order valence-corrected chi connectivity index (χ4v) is 3.24. The highest BCUT2D eigenvalue weighted by Gasteiger charge is 2.23. The fourth-order valence-electron chi connectivity index (χ4n) is 3.24. The third kappa shape index (κ3) is 4.38. The molecule has 1 heterocycles. The molecule has 0 aliphatic heterocycles. The van der Waals surface area contributed by atoms with E-state index in [0.717, 1.165) is 37.1 Å². The Balaban J connectivity index is 0.00000225. The van der Waals surface area contributed by atoms with E-state index in [1.807, 2.05) is 6.92 Å². The maximum Gasteiger partial charge on any atom is 0.254 e. The molecule has 1 aromatic carbocycles. The fraction of sp³-hybridized carbons (Fsp3) is 0.444. The quantitative estimate of drug-likeness (QED) is 0.873. The lowest BCUT2D eigenvalue weighted by Crippen LogP contribution is -2.40. The van der Waals surface area contributed by atoms with Crippen LogP contribution in [-0.4, -0.2) is 27.8 Å². The Morgan fingerprint density at radius 2 is 1.92 bits per heavy atom. The Kier molecular flexibility index (Phi) is 6.56. The average molecular weight is 367 g/mol. The molecule has 1 aromatic heterocycles. The summed E-state index contributed by atoms with van der Waals surface area (Å²) >= 11 is 0. The van der Waals surface area contributed by atoms with Crippen molar-refractivity contribution in [3.8, 4) is 5.69 Å². The smallest absolute Gasteiger partial charge is 0.254 e. The van der Waals surface area contributed by atoms with E-state index in [4.69, 9.17) is 5.73 Å². The number of nitrogens with zero attached hydrogens (tertiary/aromatic N) is 2. The SMILES string of the molecule is CCc1c(C(=O)NC2CCC(N)CC2)cnn1-c1ccc(F)cc1.Cl. The van der Waals surface area contributed by atoms with Crippen LogP contribution in [0.4, 0.5) is 4.39 Å². The van der Waals surface area contributed by atoms with Crippen LogP contribution in [0.3, 0.4) is 0 Å². The first-order valence-electron chi connectivity index (χ1n) is 8.47. The summed E-state index contributed by atoms with van der Waals surface area (Å²) in [6.07, 6.45) is 5.98. The second-order valence-electron chi connectivity index (χ2n) is 6.33. The molecular formula is C18H24ClFN4O. The van der Waals surface area contributed by atoms with Crippen LogP contribution in [0.2, 0.25) is 0 Å². The first-order chi connectivity index (χ1) is 11.6. The number of nitrogens with one attached hydrogen (secondary N) is 1. The van der Waals surface area contributed by atoms with Gasteiger partial charge in [-0.25, -0.2) is 9.07 Å². The van der Waals surface area contributed by atoms with E-state index >= 15 is 0 Å². The van der Waals surface area contributed by atoms with E-state index < -0.39 is 0 Å². The van der Waals surface area contributed by atoms with E-state index in [1.165, 1.54) is 12.1 Å². The number of carbonyl (C=O) groups excluding carboxylic acids is 1. The monoisotopic (exact) mass is 366 g/mol. The molecule has 0 unspecified atom stereocenters. The molecule has 0 spiro atoms. The maximum atomic E-state index is 13.1. The molecule has 0 saturated heterocycles. The Labute approximate surface area is 153 Å². The predicted molar refractivity (Wildman–Crippen MR) is 97.8 cm³/mol. The predicted octanol–water partition coefficient (Wildman–Crippen LogP) is 3.00. The van der Waals surface area contributed by atoms with Gasteiger partial charge in [0.25, 0.3) is 5.91 Å². The van der Waals surface area contributed by atoms with Crippen molar-refractivity contribution >= 4 is 18.3 Å². The topological polar surface area (TPSA) is 72.9 Å². The van der Waals surface area contributed by atoms with Crippen LogP contribution in [0.15, 0.2) is 30.5 Å². The van der Waals surface area contributed by atoms with E-state index in [9.17, 15) is 9.18 Å². The van der Waals surface area contributed by atoms with Crippen LogP contribution in [0.5, 0.6) is 0 Å². The van der Waals surface area contributed by atoms with Crippen molar-refractivity contribution in [1.82, 2.24) is 15.1 Å². The minimum atomic E-state index is -0.294. The minimum absolute atomic E-state index is 0. The van der Waals surface area contributed by atoms with Crippen LogP contribution in [0.25, 0.3) is 5.69 Å². The summed E-state index contributed by atoms with van der Waals surface area (Å²) < 4.78 is 14.8. The standard InChI is InChI=1S/C18H23FN4O.ClH/c1-2-17-16(18(24)22-14-7-5-13(20)6-8-14)11-21-23(17)15-9-3-12(19)4-10-15;/h3-4,9-11,13-14H,2,5-8,20H2,1H3,(H,22,24);1H. The largest absolute Gasteiger partial charge is 0.349 e. The zero-order chi connectivity index (χ0) is 17.1. The van der Waals surface area contributed by atoms with Gasteiger partial charge in [-0.15, -0.1) is 12.4 Å². The van der Waals surface area contributed by atoms with Crippen molar-refractivity contribution < 1.29 is 9.18 Å². The van der Waals surface area contributed by atoms with Gasteiger partial charge in [0.2, 0.25) is 0 Å². The molecular weight excluding hydrogens is 343 g/mol. The molecule has 3 rings (SSSR count). The van der Waals surface area contributed by atoms with Gasteiger partial charge >= 0.3 is 0 Å². The van der Waals surface area contributed by atoms with Crippen molar-refractivity contribution in [1.29, 1.82) is 0 Å². The Morgan fingerprint density at radius 3 is 2.52 bits per heavy atom. The van der Waals surface area contributed by atoms with Crippen molar-refractivity contribution in [2.24, 2.45) is 5.73 Å². The number of aromatic nitrogens is 2. The summed E-state index contributed by atoms with van der Waals surface area (Å²) in [5.74, 6) is -0.391. The molecule has 136 valence electrons. The molecule has 1 amide bonds. The number of rotatable bonds is 4. The van der Waals surface area contributed by atoms with Crippen molar-refractivity contribution in [2.75, 3.05) is 0 Å². The molecule has 7 heteroatoms. The highest BCUT2D eigenvalue weighted by atomic mass is 35.5. The lowest BCUT2D eigenvalue weighted by Gasteiger charge is -2.26. The Morgan fingerprint density at radius 1 is 1.28 bits per heavy atom. The van der Waals surface area contributed by atoms with Gasteiger partial charge in [-0.05, 0) is 56.4 Å². The maximum absolute atomic E-state index is 13.1. The molecule has 3 N–H and O–H groups in total. The molecule has 1 aliphatic carbocycles. The number of nitrogens with two attached hydrogens (primary N) is 1. The van der Waals surface area contributed by atoms with Gasteiger partial charge in [0.05, 0.1) is 23.1 Å². The lowest BCUT2D eigenvalue weighted by molar-refractivity contribution is 0.0925. The summed E-state index contributed by atoms with van der Waals surface area (Å²) in [7, 11) is 0. The van der Waals surface area contributed by atoms with E-state index in [1.54, 1.807) is 23.0 Å². The van der Waals surface area contributed by atoms with E-state index in [-0.39, 0.29) is 36.2 Å². The molecule has 1 saturated carbocycles. The molecule has 0 radical (unpaired) electrons. The zero-order valence-corrected chi connectivity index (χ0v) is 15.1. The van der Waals surface area contributed by atoms with E-state index in [2.05, 4.69) is 10.4 Å². The first kappa shape index (κ1) is 19.4. The van der Waals surface area contributed by atoms with Crippen LogP contribution < -0.4 is 11.1 Å². The van der Waals surface area contributed by atoms with Gasteiger partial charge in [0.15, 0.2) is 0 Å². The van der Waals surface area contributed by atoms with Crippen LogP contribution >= 0.6 is 12.4 Å². The number of benzene rings is 1. The van der Waals surface area contributed by atoms with Crippen molar-refractivity contribution in [2.45, 2.75) is 51.1 Å². The van der Waals surface area contributed by atoms with Gasteiger partial charge in [0, 0.05) is 12.1 Å². The van der Waals surface area contributed by atoms with Crippen molar-refractivity contribution in [3.63, 3.8) is 0 Å². The number of hydrogen-bond donors (Lipinski definition) is 2. The lowest BCUT2D eigenvalue weighted by atomic mass is 9.91. The van der Waals surface area contributed by atoms with Crippen LogP contribution in [0.1, 0.15) is 48.7 Å². The highest BCUT2D eigenvalue weighted by Crippen LogP contribution is 2.20. The van der Waals surface area contributed by atoms with Crippen LogP contribution in [-0.2, 0) is 6.42 Å². The van der Waals surface area contributed by atoms with Gasteiger partial charge in [-0.3, -0.25) is 4.79 Å². The second kappa shape index (κ2) is 8.45. The Hall–Kier alpha value is -1.92. The summed E-state index contributed by atoms with van der Waals surface area (Å²) in [6.45, 7) is 1.98. The van der Waals surface area contributed by atoms with Crippen LogP contribution in [0, 0.1) is 5.82 Å². The molecule has 5 nitrogen and oxygen atoms in total. The third-order valence-electron chi connectivity index (χ3n) is 4.63. The third-order valence-corrected chi connectivity index (χ3v) is 4.63. The number of halogens is 2. The summed E-state index contributed by atoms with van der Waals surface area (Å²) in [5.41, 5.74) is 8.06. The zero-order valence-electron chi connectivity index (χ0n) is 14.2. The molecule has 0 atom stereocenters. The molecule has 2 aromatic rings. The molecule has 1 fully saturated rings. The van der Waals surface area contributed by atoms with Gasteiger partial charge < -0.3 is 11.1 Å². The summed E-state index contributed by atoms with van der Waals surface area (Å²) in [6, 6.07) is 6.53. The molecule has 1 aliphatic rings. The van der Waals surface area contributed by atoms with Crippen molar-refractivity contribution in [3.05, 3.63) is 47.5 Å². The number of amides is 1. The number of hydrogen-bond acceptors (Lipinski definition) is 3. The molecule has 0 bridgehead atoms. The number of carbonyl (C=O) groups is 1. The minimum Gasteiger partial charge on any atom is -0.349 e. The van der Waals surface area contributed by atoms with E-state index in [0.29, 0.717) is 12.0 Å². The molecule has 25 heavy (non-hydrogen) atoms. The Bertz CT molecular complexity index is 708. The average Bonchev–Trinajstić information content (AvgIpc) is 3.01. The van der Waals surface area contributed by atoms with Gasteiger partial charge in [-0.1, -0.05) is 6.92 Å². The van der Waals surface area contributed by atoms with Gasteiger partial charge in [0.1, 0.15) is 5.82 Å².